The molecule has 0 atom stereocenters. The van der Waals surface area contributed by atoms with Gasteiger partial charge in [-0.25, -0.2) is 0 Å². The van der Waals surface area contributed by atoms with Crippen LogP contribution in [0.4, 0.5) is 0 Å². The number of benzene rings is 2. The summed E-state index contributed by atoms with van der Waals surface area (Å²) in [5.74, 6) is 2.45. The summed E-state index contributed by atoms with van der Waals surface area (Å²) in [4.78, 5) is 27.4. The molecular formula is C25H32N2O6. The molecule has 1 saturated heterocycles. The van der Waals surface area contributed by atoms with Gasteiger partial charge in [-0.3, -0.25) is 9.59 Å². The first kappa shape index (κ1) is 24.2. The number of carbonyl (C=O) groups excluding carboxylic acids is 2. The Bertz CT molecular complexity index is 947. The molecule has 2 amide bonds. The lowest BCUT2D eigenvalue weighted by Gasteiger charge is -2.31. The minimum atomic E-state index is -0.105. The summed E-state index contributed by atoms with van der Waals surface area (Å²) in [6.07, 6.45) is 1.92. The summed E-state index contributed by atoms with van der Waals surface area (Å²) < 4.78 is 21.2. The second kappa shape index (κ2) is 11.4. The van der Waals surface area contributed by atoms with E-state index >= 15 is 0 Å². The molecule has 8 nitrogen and oxygen atoms in total. The molecule has 1 heterocycles. The van der Waals surface area contributed by atoms with Gasteiger partial charge in [-0.15, -0.1) is 0 Å². The molecule has 8 heteroatoms. The van der Waals surface area contributed by atoms with Crippen LogP contribution in [-0.2, 0) is 11.2 Å². The van der Waals surface area contributed by atoms with Crippen LogP contribution in [0, 0.1) is 5.92 Å². The first-order chi connectivity index (χ1) is 16.0. The van der Waals surface area contributed by atoms with Gasteiger partial charge in [0, 0.05) is 43.2 Å². The van der Waals surface area contributed by atoms with Gasteiger partial charge in [-0.2, -0.15) is 0 Å². The number of carbonyl (C=O) groups is 2. The second-order valence-corrected chi connectivity index (χ2v) is 7.89. The maximum Gasteiger partial charge on any atom is 0.254 e. The van der Waals surface area contributed by atoms with Gasteiger partial charge in [0.1, 0.15) is 23.0 Å². The number of ether oxygens (including phenoxy) is 4. The largest absolute Gasteiger partial charge is 0.497 e. The summed E-state index contributed by atoms with van der Waals surface area (Å²) >= 11 is 0. The van der Waals surface area contributed by atoms with Crippen molar-refractivity contribution in [2.24, 2.45) is 5.92 Å². The Morgan fingerprint density at radius 2 is 1.52 bits per heavy atom. The van der Waals surface area contributed by atoms with Crippen LogP contribution in [0.5, 0.6) is 23.0 Å². The van der Waals surface area contributed by atoms with E-state index in [1.54, 1.807) is 51.5 Å². The topological polar surface area (TPSA) is 86.3 Å². The molecule has 33 heavy (non-hydrogen) atoms. The van der Waals surface area contributed by atoms with E-state index in [0.29, 0.717) is 56.0 Å². The lowest BCUT2D eigenvalue weighted by molar-refractivity contribution is -0.126. The minimum absolute atomic E-state index is 0.0256. The first-order valence-electron chi connectivity index (χ1n) is 11.0. The minimum Gasteiger partial charge on any atom is -0.497 e. The van der Waals surface area contributed by atoms with Crippen LogP contribution in [0.15, 0.2) is 36.4 Å². The summed E-state index contributed by atoms with van der Waals surface area (Å²) in [6.45, 7) is 1.58. The zero-order valence-corrected chi connectivity index (χ0v) is 19.7. The van der Waals surface area contributed by atoms with Crippen LogP contribution < -0.4 is 24.3 Å². The van der Waals surface area contributed by atoms with E-state index in [0.717, 1.165) is 17.1 Å². The van der Waals surface area contributed by atoms with Gasteiger partial charge in [0.25, 0.3) is 5.91 Å². The average molecular weight is 457 g/mol. The van der Waals surface area contributed by atoms with Crippen molar-refractivity contribution in [1.29, 1.82) is 0 Å². The van der Waals surface area contributed by atoms with Crippen LogP contribution in [-0.4, -0.2) is 64.8 Å². The van der Waals surface area contributed by atoms with E-state index < -0.39 is 0 Å². The Hall–Kier alpha value is -3.42. The van der Waals surface area contributed by atoms with Crippen molar-refractivity contribution in [2.75, 3.05) is 48.1 Å². The van der Waals surface area contributed by atoms with Crippen molar-refractivity contribution in [3.8, 4) is 23.0 Å². The Morgan fingerprint density at radius 1 is 0.879 bits per heavy atom. The normalized spacial score (nSPS) is 13.9. The Morgan fingerprint density at radius 3 is 2.09 bits per heavy atom. The number of likely N-dealkylation sites (tertiary alicyclic amines) is 1. The monoisotopic (exact) mass is 456 g/mol. The molecular weight excluding hydrogens is 424 g/mol. The van der Waals surface area contributed by atoms with Crippen LogP contribution in [0.1, 0.15) is 28.8 Å². The quantitative estimate of drug-likeness (QED) is 0.625. The molecule has 1 aliphatic heterocycles. The highest BCUT2D eigenvalue weighted by Gasteiger charge is 2.28. The highest BCUT2D eigenvalue weighted by Crippen LogP contribution is 2.26. The Kier molecular flexibility index (Phi) is 8.40. The molecule has 0 bridgehead atoms. The molecule has 2 aromatic carbocycles. The predicted molar refractivity (Wildman–Crippen MR) is 124 cm³/mol. The molecule has 0 aromatic heterocycles. The number of hydrogen-bond acceptors (Lipinski definition) is 6. The smallest absolute Gasteiger partial charge is 0.254 e. The van der Waals surface area contributed by atoms with Crippen molar-refractivity contribution in [1.82, 2.24) is 10.2 Å². The lowest BCUT2D eigenvalue weighted by atomic mass is 9.95. The summed E-state index contributed by atoms with van der Waals surface area (Å²) in [6, 6.07) is 10.8. The molecule has 1 fully saturated rings. The zero-order chi connectivity index (χ0) is 23.8. The van der Waals surface area contributed by atoms with Crippen LogP contribution >= 0.6 is 0 Å². The SMILES string of the molecule is COc1cc(OC)cc(C(=O)N2CCC(C(=O)NCCc3ccc(OC)cc3OC)CC2)c1. The van der Waals surface area contributed by atoms with Crippen LogP contribution in [0.3, 0.4) is 0 Å². The highest BCUT2D eigenvalue weighted by atomic mass is 16.5. The maximum absolute atomic E-state index is 12.9. The van der Waals surface area contributed by atoms with E-state index in [2.05, 4.69) is 5.32 Å². The van der Waals surface area contributed by atoms with Crippen molar-refractivity contribution >= 4 is 11.8 Å². The molecule has 3 rings (SSSR count). The van der Waals surface area contributed by atoms with Crippen LogP contribution in [0.25, 0.3) is 0 Å². The highest BCUT2D eigenvalue weighted by molar-refractivity contribution is 5.95. The van der Waals surface area contributed by atoms with Gasteiger partial charge in [-0.1, -0.05) is 6.07 Å². The van der Waals surface area contributed by atoms with Gasteiger partial charge in [-0.05, 0) is 43.0 Å². The molecule has 0 aliphatic carbocycles. The second-order valence-electron chi connectivity index (χ2n) is 7.89. The Labute approximate surface area is 194 Å². The van der Waals surface area contributed by atoms with Gasteiger partial charge < -0.3 is 29.2 Å². The maximum atomic E-state index is 12.9. The zero-order valence-electron chi connectivity index (χ0n) is 19.7. The number of rotatable bonds is 9. The fourth-order valence-electron chi connectivity index (χ4n) is 3.98. The third kappa shape index (κ3) is 6.09. The molecule has 178 valence electrons. The van der Waals surface area contributed by atoms with Crippen molar-refractivity contribution in [3.63, 3.8) is 0 Å². The lowest BCUT2D eigenvalue weighted by Crippen LogP contribution is -2.43. The molecule has 2 aromatic rings. The van der Waals surface area contributed by atoms with Crippen LogP contribution in [0.2, 0.25) is 0 Å². The summed E-state index contributed by atoms with van der Waals surface area (Å²) in [5.41, 5.74) is 1.52. The fourth-order valence-corrected chi connectivity index (χ4v) is 3.98. The van der Waals surface area contributed by atoms with Crippen molar-refractivity contribution < 1.29 is 28.5 Å². The van der Waals surface area contributed by atoms with E-state index in [-0.39, 0.29) is 17.7 Å². The third-order valence-corrected chi connectivity index (χ3v) is 5.94. The molecule has 0 spiro atoms. The van der Waals surface area contributed by atoms with E-state index in [1.807, 2.05) is 18.2 Å². The van der Waals surface area contributed by atoms with Gasteiger partial charge >= 0.3 is 0 Å². The molecule has 0 radical (unpaired) electrons. The van der Waals surface area contributed by atoms with Gasteiger partial charge in [0.15, 0.2) is 0 Å². The molecule has 0 saturated carbocycles. The first-order valence-corrected chi connectivity index (χ1v) is 11.0. The number of methoxy groups -OCH3 is 4. The fraction of sp³-hybridized carbons (Fsp3) is 0.440. The number of nitrogens with zero attached hydrogens (tertiary/aromatic N) is 1. The molecule has 1 aliphatic rings. The van der Waals surface area contributed by atoms with Gasteiger partial charge in [0.05, 0.1) is 28.4 Å². The van der Waals surface area contributed by atoms with Crippen molar-refractivity contribution in [2.45, 2.75) is 19.3 Å². The number of amides is 2. The van der Waals surface area contributed by atoms with E-state index in [9.17, 15) is 9.59 Å². The average Bonchev–Trinajstić information content (AvgIpc) is 2.87. The summed E-state index contributed by atoms with van der Waals surface area (Å²) in [5, 5.41) is 3.02. The number of hydrogen-bond donors (Lipinski definition) is 1. The number of piperidine rings is 1. The molecule has 1 N–H and O–H groups in total. The predicted octanol–water partition coefficient (Wildman–Crippen LogP) is 2.93. The Balaban J connectivity index is 1.50. The summed E-state index contributed by atoms with van der Waals surface area (Å²) in [7, 11) is 6.34. The molecule has 0 unspecified atom stereocenters. The van der Waals surface area contributed by atoms with Crippen molar-refractivity contribution in [3.05, 3.63) is 47.5 Å². The van der Waals surface area contributed by atoms with E-state index in [4.69, 9.17) is 18.9 Å². The van der Waals surface area contributed by atoms with E-state index in [1.165, 1.54) is 0 Å². The third-order valence-electron chi connectivity index (χ3n) is 5.94. The number of nitrogens with one attached hydrogen (secondary N) is 1. The van der Waals surface area contributed by atoms with Gasteiger partial charge in [0.2, 0.25) is 5.91 Å². The standard InChI is InChI=1S/C25H32N2O6/c1-30-20-6-5-17(23(16-20)33-4)7-10-26-24(28)18-8-11-27(12-9-18)25(29)19-13-21(31-2)15-22(14-19)32-3/h5-6,13-16,18H,7-12H2,1-4H3,(H,26,28).